The average Bonchev–Trinajstić information content (AvgIpc) is 3.61. The normalized spacial score (nSPS) is 18.4. The molecule has 0 radical (unpaired) electrons. The zero-order chi connectivity index (χ0) is 28.4. The Morgan fingerprint density at radius 2 is 1.18 bits per heavy atom. The number of esters is 1. The molecule has 0 fully saturated rings. The molecule has 0 saturated carbocycles. The van der Waals surface area contributed by atoms with Crippen molar-refractivity contribution in [1.82, 2.24) is 0 Å². The molecular formula is C29H34N4O4S2. The Labute approximate surface area is 238 Å². The number of carbonyl (C=O) groups excluding carboxylic acids is 1. The third-order valence-electron chi connectivity index (χ3n) is 5.76. The summed E-state index contributed by atoms with van der Waals surface area (Å²) in [6.45, 7) is 0. The maximum absolute atomic E-state index is 11.4. The molecule has 8 nitrogen and oxygen atoms in total. The van der Waals surface area contributed by atoms with Crippen molar-refractivity contribution in [3.05, 3.63) is 71.8 Å². The van der Waals surface area contributed by atoms with Crippen molar-refractivity contribution in [2.24, 2.45) is 9.98 Å². The summed E-state index contributed by atoms with van der Waals surface area (Å²) in [7, 11) is 9.42. The number of carbonyl (C=O) groups is 2. The maximum Gasteiger partial charge on any atom is 0.331 e. The summed E-state index contributed by atoms with van der Waals surface area (Å²) in [5.41, 5.74) is 4.50. The van der Waals surface area contributed by atoms with Gasteiger partial charge in [0.15, 0.2) is 12.1 Å². The minimum atomic E-state index is -0.855. The van der Waals surface area contributed by atoms with Gasteiger partial charge in [-0.3, -0.25) is 9.98 Å². The summed E-state index contributed by atoms with van der Waals surface area (Å²) in [5, 5.41) is 10.5. The Balaban J connectivity index is 0.000000216. The summed E-state index contributed by atoms with van der Waals surface area (Å²) in [6, 6.07) is 15.4. The van der Waals surface area contributed by atoms with Gasteiger partial charge < -0.3 is 19.6 Å². The van der Waals surface area contributed by atoms with Crippen LogP contribution in [0.5, 0.6) is 0 Å². The lowest BCUT2D eigenvalue weighted by Gasteiger charge is -2.11. The SMILES string of the molecule is CN(C)c1ccc(/C=C/C2=N[C@@H](C(=O)O)CS2)cc1.COC(=O)[C@H]1CSC(/C=C/c2ccc(N(C)C)cc2)=N1. The minimum absolute atomic E-state index is 0.267. The van der Waals surface area contributed by atoms with Gasteiger partial charge in [-0.15, -0.1) is 23.5 Å². The number of carboxylic acid groups (broad SMARTS) is 1. The summed E-state index contributed by atoms with van der Waals surface area (Å²) in [4.78, 5) is 34.7. The molecule has 0 unspecified atom stereocenters. The van der Waals surface area contributed by atoms with E-state index in [-0.39, 0.29) is 12.0 Å². The van der Waals surface area contributed by atoms with E-state index in [1.807, 2.05) is 81.7 Å². The van der Waals surface area contributed by atoms with Gasteiger partial charge in [0.2, 0.25) is 0 Å². The van der Waals surface area contributed by atoms with Crippen molar-refractivity contribution in [3.8, 4) is 0 Å². The fourth-order valence-corrected chi connectivity index (χ4v) is 5.27. The van der Waals surface area contributed by atoms with E-state index in [0.29, 0.717) is 11.5 Å². The zero-order valence-corrected chi connectivity index (χ0v) is 24.4. The fraction of sp³-hybridized carbons (Fsp3) is 0.310. The Kier molecular flexibility index (Phi) is 11.2. The molecule has 2 heterocycles. The first-order valence-corrected chi connectivity index (χ1v) is 14.3. The molecule has 1 N–H and O–H groups in total. The van der Waals surface area contributed by atoms with E-state index < -0.39 is 12.0 Å². The zero-order valence-electron chi connectivity index (χ0n) is 22.8. The number of methoxy groups -OCH3 is 1. The molecule has 0 amide bonds. The molecule has 0 spiro atoms. The van der Waals surface area contributed by atoms with Gasteiger partial charge in [0.25, 0.3) is 0 Å². The van der Waals surface area contributed by atoms with E-state index in [9.17, 15) is 9.59 Å². The summed E-state index contributed by atoms with van der Waals surface area (Å²) < 4.78 is 4.69. The summed E-state index contributed by atoms with van der Waals surface area (Å²) in [5.74, 6) is 0.0583. The van der Waals surface area contributed by atoms with Gasteiger partial charge in [0.1, 0.15) is 0 Å². The van der Waals surface area contributed by atoms with Crippen molar-refractivity contribution in [2.45, 2.75) is 12.1 Å². The molecule has 2 aromatic rings. The highest BCUT2D eigenvalue weighted by molar-refractivity contribution is 8.15. The van der Waals surface area contributed by atoms with Crippen molar-refractivity contribution in [3.63, 3.8) is 0 Å². The molecule has 206 valence electrons. The second-order valence-corrected chi connectivity index (χ2v) is 11.2. The molecule has 0 bridgehead atoms. The Morgan fingerprint density at radius 3 is 1.54 bits per heavy atom. The van der Waals surface area contributed by atoms with Gasteiger partial charge in [-0.05, 0) is 47.5 Å². The second-order valence-electron chi connectivity index (χ2n) is 9.09. The first-order chi connectivity index (χ1) is 18.7. The molecule has 0 aliphatic carbocycles. The molecule has 2 aliphatic rings. The van der Waals surface area contributed by atoms with E-state index >= 15 is 0 Å². The Morgan fingerprint density at radius 1 is 0.769 bits per heavy atom. The number of aliphatic carboxylic acids is 1. The lowest BCUT2D eigenvalue weighted by Crippen LogP contribution is -2.19. The van der Waals surface area contributed by atoms with Crippen LogP contribution in [-0.4, -0.2) is 86.0 Å². The second kappa shape index (κ2) is 14.6. The Bertz CT molecular complexity index is 1250. The Hall–Kier alpha value is -3.50. The van der Waals surface area contributed by atoms with Crippen LogP contribution in [0, 0.1) is 0 Å². The smallest absolute Gasteiger partial charge is 0.331 e. The number of ether oxygens (including phenoxy) is 1. The number of aliphatic imine (C=N–C) groups is 2. The number of hydrogen-bond acceptors (Lipinski definition) is 9. The van der Waals surface area contributed by atoms with Crippen molar-refractivity contribution in [1.29, 1.82) is 0 Å². The lowest BCUT2D eigenvalue weighted by molar-refractivity contribution is -0.141. The van der Waals surface area contributed by atoms with Crippen LogP contribution in [0.15, 0.2) is 70.7 Å². The molecule has 2 aromatic carbocycles. The van der Waals surface area contributed by atoms with Gasteiger partial charge in [0, 0.05) is 51.1 Å². The van der Waals surface area contributed by atoms with Gasteiger partial charge >= 0.3 is 11.9 Å². The van der Waals surface area contributed by atoms with E-state index in [0.717, 1.165) is 26.9 Å². The standard InChI is InChI=1S/C15H18N2O2S.C14H16N2O2S/c1-17(2)12-7-4-11(5-8-12)6-9-14-16-13(10-20-14)15(18)19-3;1-16(2)11-6-3-10(4-7-11)5-8-13-15-12(9-19-13)14(17)18/h4-9,13H,10H2,1-3H3;3-8,12H,9H2,1-2H3,(H,17,18)/b9-6+;8-5+/t13-;12-/m11/s1. The molecule has 2 aliphatic heterocycles. The largest absolute Gasteiger partial charge is 0.480 e. The van der Waals surface area contributed by atoms with Gasteiger partial charge in [-0.25, -0.2) is 9.59 Å². The van der Waals surface area contributed by atoms with Crippen LogP contribution in [0.2, 0.25) is 0 Å². The number of benzene rings is 2. The van der Waals surface area contributed by atoms with Crippen molar-refractivity contribution in [2.75, 3.05) is 56.6 Å². The number of nitrogens with zero attached hydrogens (tertiary/aromatic N) is 4. The van der Waals surface area contributed by atoms with E-state index in [1.165, 1.54) is 24.6 Å². The molecule has 2 atom stereocenters. The third-order valence-corrected chi connectivity index (χ3v) is 7.80. The molecule has 0 saturated heterocycles. The topological polar surface area (TPSA) is 94.8 Å². The number of hydrogen-bond donors (Lipinski definition) is 1. The highest BCUT2D eigenvalue weighted by Crippen LogP contribution is 2.22. The number of anilines is 2. The third kappa shape index (κ3) is 9.33. The van der Waals surface area contributed by atoms with Crippen LogP contribution in [0.1, 0.15) is 11.1 Å². The predicted octanol–water partition coefficient (Wildman–Crippen LogP) is 4.82. The molecule has 10 heteroatoms. The van der Waals surface area contributed by atoms with E-state index in [2.05, 4.69) is 39.2 Å². The molecule has 4 rings (SSSR count). The number of carboxylic acids is 1. The predicted molar refractivity (Wildman–Crippen MR) is 167 cm³/mol. The summed E-state index contributed by atoms with van der Waals surface area (Å²) >= 11 is 3.06. The van der Waals surface area contributed by atoms with E-state index in [4.69, 9.17) is 9.84 Å². The van der Waals surface area contributed by atoms with Gasteiger partial charge in [-0.1, -0.05) is 36.4 Å². The van der Waals surface area contributed by atoms with Crippen molar-refractivity contribution >= 4 is 69.1 Å². The summed E-state index contributed by atoms with van der Waals surface area (Å²) in [6.07, 6.45) is 7.77. The molecular weight excluding hydrogens is 532 g/mol. The fourth-order valence-electron chi connectivity index (χ4n) is 3.45. The highest BCUT2D eigenvalue weighted by atomic mass is 32.2. The number of thioether (sulfide) groups is 2. The average molecular weight is 567 g/mol. The van der Waals surface area contributed by atoms with E-state index in [1.54, 1.807) is 11.8 Å². The highest BCUT2D eigenvalue weighted by Gasteiger charge is 2.24. The first-order valence-electron chi connectivity index (χ1n) is 12.3. The quantitative estimate of drug-likeness (QED) is 0.455. The van der Waals surface area contributed by atoms with Gasteiger partial charge in [0.05, 0.1) is 17.2 Å². The molecule has 39 heavy (non-hydrogen) atoms. The van der Waals surface area contributed by atoms with Crippen LogP contribution < -0.4 is 9.80 Å². The minimum Gasteiger partial charge on any atom is -0.480 e. The lowest BCUT2D eigenvalue weighted by atomic mass is 10.2. The van der Waals surface area contributed by atoms with Crippen LogP contribution in [0.25, 0.3) is 12.2 Å². The molecule has 0 aromatic heterocycles. The van der Waals surface area contributed by atoms with Crippen molar-refractivity contribution < 1.29 is 19.4 Å². The van der Waals surface area contributed by atoms with Crippen LogP contribution in [0.3, 0.4) is 0 Å². The van der Waals surface area contributed by atoms with Crippen LogP contribution in [-0.2, 0) is 14.3 Å². The van der Waals surface area contributed by atoms with Crippen LogP contribution >= 0.6 is 23.5 Å². The maximum atomic E-state index is 11.4. The number of rotatable bonds is 8. The van der Waals surface area contributed by atoms with Gasteiger partial charge in [-0.2, -0.15) is 0 Å². The van der Waals surface area contributed by atoms with Crippen LogP contribution in [0.4, 0.5) is 11.4 Å². The monoisotopic (exact) mass is 566 g/mol. The first kappa shape index (κ1) is 30.0.